The van der Waals surface area contributed by atoms with Gasteiger partial charge in [0, 0.05) is 26.1 Å². The highest BCUT2D eigenvalue weighted by Gasteiger charge is 2.22. The molecule has 0 amide bonds. The molecule has 0 radical (unpaired) electrons. The molecular formula is C22H25N3O2. The molecule has 1 aliphatic rings. The van der Waals surface area contributed by atoms with E-state index < -0.39 is 0 Å². The zero-order valence-corrected chi connectivity index (χ0v) is 15.7. The van der Waals surface area contributed by atoms with Crippen molar-refractivity contribution in [3.63, 3.8) is 0 Å². The van der Waals surface area contributed by atoms with E-state index in [1.807, 2.05) is 6.07 Å². The van der Waals surface area contributed by atoms with Crippen molar-refractivity contribution in [2.75, 3.05) is 6.54 Å². The van der Waals surface area contributed by atoms with Crippen LogP contribution in [0.5, 0.6) is 0 Å². The van der Waals surface area contributed by atoms with Crippen molar-refractivity contribution < 1.29 is 4.42 Å². The molecule has 1 N–H and O–H groups in total. The number of benzene rings is 1. The second-order valence-corrected chi connectivity index (χ2v) is 7.20. The zero-order chi connectivity index (χ0) is 18.6. The van der Waals surface area contributed by atoms with E-state index in [0.29, 0.717) is 18.1 Å². The summed E-state index contributed by atoms with van der Waals surface area (Å²) in [5, 5.41) is 0. The van der Waals surface area contributed by atoms with E-state index in [1.165, 1.54) is 24.0 Å². The van der Waals surface area contributed by atoms with E-state index in [1.54, 1.807) is 12.3 Å². The van der Waals surface area contributed by atoms with Crippen LogP contribution in [0, 0.1) is 0 Å². The van der Waals surface area contributed by atoms with E-state index in [2.05, 4.69) is 46.1 Å². The topological polar surface area (TPSA) is 62.1 Å². The lowest BCUT2D eigenvalue weighted by atomic mass is 10.0. The average molecular weight is 363 g/mol. The molecule has 0 saturated carbocycles. The van der Waals surface area contributed by atoms with E-state index in [9.17, 15) is 4.79 Å². The number of hydrogen-bond acceptors (Lipinski definition) is 4. The van der Waals surface area contributed by atoms with Crippen molar-refractivity contribution in [3.8, 4) is 11.6 Å². The summed E-state index contributed by atoms with van der Waals surface area (Å²) in [6.45, 7) is 4.61. The molecule has 3 aromatic rings. The zero-order valence-electron chi connectivity index (χ0n) is 15.7. The third-order valence-electron chi connectivity index (χ3n) is 5.15. The van der Waals surface area contributed by atoms with Crippen molar-refractivity contribution in [1.29, 1.82) is 0 Å². The van der Waals surface area contributed by atoms with Crippen molar-refractivity contribution in [1.82, 2.24) is 14.9 Å². The van der Waals surface area contributed by atoms with Gasteiger partial charge in [-0.2, -0.15) is 0 Å². The van der Waals surface area contributed by atoms with Gasteiger partial charge in [-0.15, -0.1) is 0 Å². The lowest BCUT2D eigenvalue weighted by molar-refractivity contribution is 0.242. The van der Waals surface area contributed by atoms with E-state index in [0.717, 1.165) is 37.2 Å². The first-order valence-electron chi connectivity index (χ1n) is 9.69. The predicted octanol–water partition coefficient (Wildman–Crippen LogP) is 3.93. The van der Waals surface area contributed by atoms with Crippen LogP contribution in [0.25, 0.3) is 11.6 Å². The molecule has 4 rings (SSSR count). The Balaban J connectivity index is 1.46. The highest BCUT2D eigenvalue weighted by Crippen LogP contribution is 2.20. The maximum Gasteiger partial charge on any atom is 0.256 e. The molecule has 5 heteroatoms. The fourth-order valence-electron chi connectivity index (χ4n) is 3.60. The van der Waals surface area contributed by atoms with E-state index in [-0.39, 0.29) is 5.56 Å². The van der Waals surface area contributed by atoms with Crippen LogP contribution in [0.1, 0.15) is 42.1 Å². The summed E-state index contributed by atoms with van der Waals surface area (Å²) in [6, 6.07) is 12.5. The summed E-state index contributed by atoms with van der Waals surface area (Å²) in [7, 11) is 0. The van der Waals surface area contributed by atoms with Crippen LogP contribution in [0.3, 0.4) is 0 Å². The normalized spacial score (nSPS) is 14.3. The van der Waals surface area contributed by atoms with Gasteiger partial charge >= 0.3 is 0 Å². The molecule has 0 atom stereocenters. The number of aromatic nitrogens is 2. The number of H-pyrrole nitrogens is 1. The monoisotopic (exact) mass is 363 g/mol. The quantitative estimate of drug-likeness (QED) is 0.721. The van der Waals surface area contributed by atoms with Gasteiger partial charge in [-0.25, -0.2) is 4.98 Å². The van der Waals surface area contributed by atoms with Crippen LogP contribution in [0.15, 0.2) is 51.9 Å². The third-order valence-corrected chi connectivity index (χ3v) is 5.15. The number of hydrogen-bond donors (Lipinski definition) is 1. The first-order chi connectivity index (χ1) is 13.2. The summed E-state index contributed by atoms with van der Waals surface area (Å²) in [6.07, 6.45) is 5.97. The Kier molecular flexibility index (Phi) is 5.21. The van der Waals surface area contributed by atoms with Gasteiger partial charge in [0.05, 0.1) is 17.5 Å². The van der Waals surface area contributed by atoms with Crippen LogP contribution in [-0.4, -0.2) is 21.4 Å². The van der Waals surface area contributed by atoms with Crippen LogP contribution in [0.2, 0.25) is 0 Å². The van der Waals surface area contributed by atoms with Gasteiger partial charge in [-0.3, -0.25) is 9.69 Å². The van der Waals surface area contributed by atoms with Gasteiger partial charge in [0.1, 0.15) is 0 Å². The number of fused-ring (bicyclic) bond motifs is 1. The molecule has 0 spiro atoms. The Morgan fingerprint density at radius 3 is 2.74 bits per heavy atom. The maximum atomic E-state index is 12.6. The summed E-state index contributed by atoms with van der Waals surface area (Å²) in [4.78, 5) is 22.4. The Morgan fingerprint density at radius 1 is 1.19 bits per heavy atom. The standard InChI is InChI=1S/C22H25N3O2/c1-2-3-5-16-7-9-17(10-8-16)14-25-12-11-19-18(15-25)22(26)24-21(23-19)20-6-4-13-27-20/h4,6-10,13H,2-3,5,11-12,14-15H2,1H3,(H,23,24,26). The molecule has 0 unspecified atom stereocenters. The van der Waals surface area contributed by atoms with Crippen molar-refractivity contribution >= 4 is 0 Å². The molecule has 3 heterocycles. The smallest absolute Gasteiger partial charge is 0.256 e. The van der Waals surface area contributed by atoms with Crippen molar-refractivity contribution in [3.05, 3.63) is 75.4 Å². The fourth-order valence-corrected chi connectivity index (χ4v) is 3.60. The van der Waals surface area contributed by atoms with Gasteiger partial charge in [0.25, 0.3) is 5.56 Å². The Morgan fingerprint density at radius 2 is 2.00 bits per heavy atom. The Bertz CT molecular complexity index is 943. The van der Waals surface area contributed by atoms with Crippen LogP contribution < -0.4 is 5.56 Å². The highest BCUT2D eigenvalue weighted by atomic mass is 16.3. The van der Waals surface area contributed by atoms with E-state index >= 15 is 0 Å². The van der Waals surface area contributed by atoms with Crippen LogP contribution in [-0.2, 0) is 25.9 Å². The summed E-state index contributed by atoms with van der Waals surface area (Å²) in [5.74, 6) is 1.11. The SMILES string of the molecule is CCCCc1ccc(CN2CCc3nc(-c4ccco4)[nH]c(=O)c3C2)cc1. The lowest BCUT2D eigenvalue weighted by Crippen LogP contribution is -2.35. The van der Waals surface area contributed by atoms with Gasteiger partial charge < -0.3 is 9.40 Å². The molecule has 27 heavy (non-hydrogen) atoms. The lowest BCUT2D eigenvalue weighted by Gasteiger charge is -2.27. The molecule has 0 saturated heterocycles. The number of nitrogens with zero attached hydrogens (tertiary/aromatic N) is 2. The summed E-state index contributed by atoms with van der Waals surface area (Å²) < 4.78 is 5.36. The van der Waals surface area contributed by atoms with Gasteiger partial charge in [0.15, 0.2) is 11.6 Å². The Labute approximate surface area is 159 Å². The summed E-state index contributed by atoms with van der Waals surface area (Å²) in [5.41, 5.74) is 4.28. The second kappa shape index (κ2) is 7.92. The largest absolute Gasteiger partial charge is 0.461 e. The third kappa shape index (κ3) is 4.03. The first-order valence-corrected chi connectivity index (χ1v) is 9.69. The number of unbranched alkanes of at least 4 members (excludes halogenated alkanes) is 1. The van der Waals surface area contributed by atoms with Gasteiger partial charge in [-0.1, -0.05) is 37.6 Å². The highest BCUT2D eigenvalue weighted by molar-refractivity contribution is 5.47. The van der Waals surface area contributed by atoms with Crippen molar-refractivity contribution in [2.45, 2.75) is 45.7 Å². The molecule has 140 valence electrons. The molecule has 1 aliphatic heterocycles. The average Bonchev–Trinajstić information content (AvgIpc) is 3.23. The molecular weight excluding hydrogens is 338 g/mol. The number of aromatic amines is 1. The fraction of sp³-hybridized carbons (Fsp3) is 0.364. The first kappa shape index (κ1) is 17.7. The Hall–Kier alpha value is -2.66. The molecule has 1 aromatic carbocycles. The van der Waals surface area contributed by atoms with Gasteiger partial charge in [0.2, 0.25) is 0 Å². The molecule has 0 aliphatic carbocycles. The molecule has 0 bridgehead atoms. The number of furan rings is 1. The van der Waals surface area contributed by atoms with Crippen molar-refractivity contribution in [2.24, 2.45) is 0 Å². The van der Waals surface area contributed by atoms with Gasteiger partial charge in [-0.05, 0) is 36.1 Å². The minimum Gasteiger partial charge on any atom is -0.461 e. The molecule has 0 fully saturated rings. The number of rotatable bonds is 6. The summed E-state index contributed by atoms with van der Waals surface area (Å²) >= 11 is 0. The molecule has 2 aromatic heterocycles. The van der Waals surface area contributed by atoms with E-state index in [4.69, 9.17) is 4.42 Å². The van der Waals surface area contributed by atoms with Crippen LogP contribution in [0.4, 0.5) is 0 Å². The van der Waals surface area contributed by atoms with Crippen LogP contribution >= 0.6 is 0 Å². The minimum absolute atomic E-state index is 0.0639. The predicted molar refractivity (Wildman–Crippen MR) is 105 cm³/mol. The second-order valence-electron chi connectivity index (χ2n) is 7.20. The number of aryl methyl sites for hydroxylation is 1. The maximum absolute atomic E-state index is 12.6. The number of nitrogens with one attached hydrogen (secondary N) is 1. The minimum atomic E-state index is -0.0639. The molecule has 5 nitrogen and oxygen atoms in total.